The first-order valence-electron chi connectivity index (χ1n) is 7.07. The molecule has 0 bridgehead atoms. The van der Waals surface area contributed by atoms with Gasteiger partial charge in [-0.2, -0.15) is 4.98 Å². The Bertz CT molecular complexity index is 566. The fraction of sp³-hybridized carbons (Fsp3) is 0.571. The maximum absolute atomic E-state index is 5.27. The molecule has 2 aliphatic carbocycles. The molecule has 0 aliphatic heterocycles. The molecule has 0 amide bonds. The average molecular weight is 258 g/mol. The maximum Gasteiger partial charge on any atom is 0.229 e. The Morgan fingerprint density at radius 1 is 1.32 bits per heavy atom. The van der Waals surface area contributed by atoms with E-state index in [0.717, 1.165) is 24.3 Å². The predicted octanol–water partition coefficient (Wildman–Crippen LogP) is 2.05. The molecule has 0 spiro atoms. The zero-order valence-corrected chi connectivity index (χ0v) is 10.9. The maximum atomic E-state index is 5.27. The molecule has 0 saturated heterocycles. The van der Waals surface area contributed by atoms with Crippen LogP contribution in [0.3, 0.4) is 0 Å². The van der Waals surface area contributed by atoms with Gasteiger partial charge < -0.3 is 14.4 Å². The molecule has 2 saturated carbocycles. The van der Waals surface area contributed by atoms with Gasteiger partial charge in [0.25, 0.3) is 0 Å². The molecule has 0 atom stereocenters. The Balaban J connectivity index is 1.37. The highest BCUT2D eigenvalue weighted by molar-refractivity contribution is 5.11. The summed E-state index contributed by atoms with van der Waals surface area (Å²) in [4.78, 5) is 4.45. The van der Waals surface area contributed by atoms with E-state index in [1.54, 1.807) is 0 Å². The van der Waals surface area contributed by atoms with Crippen LogP contribution < -0.4 is 5.32 Å². The van der Waals surface area contributed by atoms with Crippen molar-refractivity contribution in [1.29, 1.82) is 0 Å². The molecule has 100 valence electrons. The summed E-state index contributed by atoms with van der Waals surface area (Å²) in [6.45, 7) is 1.65. The fourth-order valence-electron chi connectivity index (χ4n) is 2.23. The van der Waals surface area contributed by atoms with Gasteiger partial charge in [-0.05, 0) is 37.3 Å². The van der Waals surface area contributed by atoms with Gasteiger partial charge in [-0.25, -0.2) is 0 Å². The number of aromatic nitrogens is 3. The van der Waals surface area contributed by atoms with E-state index in [1.165, 1.54) is 31.2 Å². The summed E-state index contributed by atoms with van der Waals surface area (Å²) in [7, 11) is 0. The van der Waals surface area contributed by atoms with Crippen molar-refractivity contribution < 1.29 is 4.52 Å². The van der Waals surface area contributed by atoms with Crippen LogP contribution in [0.5, 0.6) is 0 Å². The molecule has 2 aromatic rings. The zero-order chi connectivity index (χ0) is 12.7. The number of nitrogens with zero attached hydrogens (tertiary/aromatic N) is 3. The molecule has 19 heavy (non-hydrogen) atoms. The number of rotatable bonds is 6. The van der Waals surface area contributed by atoms with E-state index in [-0.39, 0.29) is 0 Å². The van der Waals surface area contributed by atoms with Crippen molar-refractivity contribution in [1.82, 2.24) is 20.0 Å². The highest BCUT2D eigenvalue weighted by atomic mass is 16.5. The minimum absolute atomic E-state index is 0.532. The van der Waals surface area contributed by atoms with Gasteiger partial charge in [0.2, 0.25) is 5.89 Å². The van der Waals surface area contributed by atoms with Crippen LogP contribution in [0.15, 0.2) is 23.0 Å². The van der Waals surface area contributed by atoms with E-state index in [2.05, 4.69) is 38.5 Å². The normalized spacial score (nSPS) is 18.9. The van der Waals surface area contributed by atoms with Crippen LogP contribution >= 0.6 is 0 Å². The molecule has 2 aliphatic rings. The predicted molar refractivity (Wildman–Crippen MR) is 69.7 cm³/mol. The second-order valence-corrected chi connectivity index (χ2v) is 5.67. The lowest BCUT2D eigenvalue weighted by atomic mass is 10.3. The SMILES string of the molecule is c1cn(Cc2noc(C3CC3)n2)cc1CNC1CC1. The van der Waals surface area contributed by atoms with Crippen molar-refractivity contribution in [3.05, 3.63) is 35.7 Å². The van der Waals surface area contributed by atoms with E-state index in [9.17, 15) is 0 Å². The van der Waals surface area contributed by atoms with Crippen molar-refractivity contribution >= 4 is 0 Å². The van der Waals surface area contributed by atoms with Crippen LogP contribution in [-0.2, 0) is 13.1 Å². The summed E-state index contributed by atoms with van der Waals surface area (Å²) in [5.74, 6) is 2.13. The molecule has 5 nitrogen and oxygen atoms in total. The highest BCUT2D eigenvalue weighted by Crippen LogP contribution is 2.38. The topological polar surface area (TPSA) is 55.9 Å². The lowest BCUT2D eigenvalue weighted by Crippen LogP contribution is -2.14. The largest absolute Gasteiger partial charge is 0.346 e. The quantitative estimate of drug-likeness (QED) is 0.861. The molecule has 5 heteroatoms. The molecule has 2 aromatic heterocycles. The third-order valence-corrected chi connectivity index (χ3v) is 3.72. The minimum Gasteiger partial charge on any atom is -0.346 e. The standard InChI is InChI=1S/C14H18N4O/c1-2-11(1)14-16-13(17-19-14)9-18-6-5-10(8-18)7-15-12-3-4-12/h5-6,8,11-12,15H,1-4,7,9H2. The zero-order valence-electron chi connectivity index (χ0n) is 10.9. The van der Waals surface area contributed by atoms with E-state index < -0.39 is 0 Å². The Labute approximate surface area is 112 Å². The van der Waals surface area contributed by atoms with Crippen LogP contribution in [0, 0.1) is 0 Å². The number of nitrogens with one attached hydrogen (secondary N) is 1. The van der Waals surface area contributed by atoms with Crippen LogP contribution in [0.1, 0.15) is 48.9 Å². The summed E-state index contributed by atoms with van der Waals surface area (Å²) in [5.41, 5.74) is 1.32. The van der Waals surface area contributed by atoms with E-state index >= 15 is 0 Å². The first-order chi connectivity index (χ1) is 9.37. The van der Waals surface area contributed by atoms with Crippen molar-refractivity contribution in [3.63, 3.8) is 0 Å². The fourth-order valence-corrected chi connectivity index (χ4v) is 2.23. The lowest BCUT2D eigenvalue weighted by molar-refractivity contribution is 0.373. The molecule has 2 fully saturated rings. The van der Waals surface area contributed by atoms with Gasteiger partial charge in [0.15, 0.2) is 5.82 Å². The van der Waals surface area contributed by atoms with Crippen molar-refractivity contribution in [2.45, 2.75) is 50.7 Å². The monoisotopic (exact) mass is 258 g/mol. The highest BCUT2D eigenvalue weighted by Gasteiger charge is 2.29. The van der Waals surface area contributed by atoms with Gasteiger partial charge in [0.05, 0.1) is 6.54 Å². The third-order valence-electron chi connectivity index (χ3n) is 3.72. The molecule has 0 unspecified atom stereocenters. The smallest absolute Gasteiger partial charge is 0.229 e. The van der Waals surface area contributed by atoms with Gasteiger partial charge in [0.1, 0.15) is 0 Å². The number of hydrogen-bond acceptors (Lipinski definition) is 4. The van der Waals surface area contributed by atoms with Gasteiger partial charge in [0, 0.05) is 30.9 Å². The second-order valence-electron chi connectivity index (χ2n) is 5.67. The Hall–Kier alpha value is -1.62. The van der Waals surface area contributed by atoms with E-state index in [4.69, 9.17) is 4.52 Å². The molecule has 1 N–H and O–H groups in total. The van der Waals surface area contributed by atoms with Crippen LogP contribution in [0.25, 0.3) is 0 Å². The van der Waals surface area contributed by atoms with Crippen LogP contribution in [0.2, 0.25) is 0 Å². The molecule has 2 heterocycles. The minimum atomic E-state index is 0.532. The van der Waals surface area contributed by atoms with Crippen molar-refractivity contribution in [2.24, 2.45) is 0 Å². The summed E-state index contributed by atoms with van der Waals surface area (Å²) in [5, 5.41) is 7.56. The summed E-state index contributed by atoms with van der Waals surface area (Å²) in [6.07, 6.45) is 9.28. The van der Waals surface area contributed by atoms with Gasteiger partial charge in [-0.15, -0.1) is 0 Å². The van der Waals surface area contributed by atoms with Crippen molar-refractivity contribution in [3.8, 4) is 0 Å². The second kappa shape index (κ2) is 4.49. The Kier molecular flexibility index (Phi) is 2.65. The van der Waals surface area contributed by atoms with E-state index in [1.807, 2.05) is 0 Å². The molecule has 0 radical (unpaired) electrons. The first kappa shape index (κ1) is 11.2. The third kappa shape index (κ3) is 2.71. The Morgan fingerprint density at radius 3 is 3.00 bits per heavy atom. The van der Waals surface area contributed by atoms with Crippen molar-refractivity contribution in [2.75, 3.05) is 0 Å². The summed E-state index contributed by atoms with van der Waals surface area (Å²) in [6, 6.07) is 2.90. The molecule has 4 rings (SSSR count). The van der Waals surface area contributed by atoms with Crippen LogP contribution in [0.4, 0.5) is 0 Å². The van der Waals surface area contributed by atoms with Gasteiger partial charge in [-0.3, -0.25) is 0 Å². The number of hydrogen-bond donors (Lipinski definition) is 1. The summed E-state index contributed by atoms with van der Waals surface area (Å²) >= 11 is 0. The van der Waals surface area contributed by atoms with E-state index in [0.29, 0.717) is 12.5 Å². The first-order valence-corrected chi connectivity index (χ1v) is 7.07. The van der Waals surface area contributed by atoms with Crippen LogP contribution in [-0.4, -0.2) is 20.7 Å². The molecule has 0 aromatic carbocycles. The Morgan fingerprint density at radius 2 is 2.21 bits per heavy atom. The van der Waals surface area contributed by atoms with Gasteiger partial charge >= 0.3 is 0 Å². The molecular formula is C14H18N4O. The molecular weight excluding hydrogens is 240 g/mol. The van der Waals surface area contributed by atoms with Gasteiger partial charge in [-0.1, -0.05) is 5.16 Å². The average Bonchev–Trinajstić information content (AvgIpc) is 3.34. The lowest BCUT2D eigenvalue weighted by Gasteiger charge is -1.99. The summed E-state index contributed by atoms with van der Waals surface area (Å²) < 4.78 is 7.38.